The van der Waals surface area contributed by atoms with Gasteiger partial charge in [-0.15, -0.1) is 0 Å². The van der Waals surface area contributed by atoms with E-state index in [1.807, 2.05) is 6.07 Å². The highest BCUT2D eigenvalue weighted by molar-refractivity contribution is 6.36. The zero-order valence-corrected chi connectivity index (χ0v) is 16.4. The lowest BCUT2D eigenvalue weighted by molar-refractivity contribution is -0.117. The molecule has 4 nitrogen and oxygen atoms in total. The summed E-state index contributed by atoms with van der Waals surface area (Å²) in [5.41, 5.74) is 1.16. The monoisotopic (exact) mass is 420 g/mol. The van der Waals surface area contributed by atoms with Crippen LogP contribution in [0.1, 0.15) is 24.0 Å². The fraction of sp³-hybridized carbons (Fsp3) is 0.200. The molecule has 1 amide bonds. The molecule has 0 radical (unpaired) electrons. The van der Waals surface area contributed by atoms with E-state index in [9.17, 15) is 10.1 Å². The lowest BCUT2D eigenvalue weighted by atomic mass is 10.1. The maximum atomic E-state index is 12.2. The first-order chi connectivity index (χ1) is 13.0. The van der Waals surface area contributed by atoms with Gasteiger partial charge in [-0.05, 0) is 49.2 Å². The van der Waals surface area contributed by atoms with Gasteiger partial charge in [-0.2, -0.15) is 5.26 Å². The molecule has 0 heterocycles. The molecule has 2 aromatic rings. The van der Waals surface area contributed by atoms with E-state index in [0.717, 1.165) is 12.8 Å². The van der Waals surface area contributed by atoms with Gasteiger partial charge in [0.05, 0.1) is 0 Å². The second-order valence-electron chi connectivity index (χ2n) is 6.09. The van der Waals surface area contributed by atoms with E-state index in [4.69, 9.17) is 39.5 Å². The van der Waals surface area contributed by atoms with Crippen LogP contribution in [0.5, 0.6) is 5.75 Å². The number of nitriles is 1. The molecule has 0 aromatic heterocycles. The number of carbonyl (C=O) groups excluding carboxylic acids is 1. The summed E-state index contributed by atoms with van der Waals surface area (Å²) in [5.74, 6) is 0.0578. The van der Waals surface area contributed by atoms with Crippen LogP contribution >= 0.6 is 34.8 Å². The molecule has 138 valence electrons. The van der Waals surface area contributed by atoms with E-state index in [-0.39, 0.29) is 18.2 Å². The van der Waals surface area contributed by atoms with Gasteiger partial charge in [0.2, 0.25) is 0 Å². The number of rotatable bonds is 6. The number of nitrogens with one attached hydrogen (secondary N) is 1. The van der Waals surface area contributed by atoms with Crippen LogP contribution in [-0.4, -0.2) is 11.9 Å². The Labute approximate surface area is 172 Å². The van der Waals surface area contributed by atoms with E-state index < -0.39 is 5.91 Å². The minimum Gasteiger partial charge on any atom is -0.488 e. The Morgan fingerprint density at radius 3 is 2.56 bits per heavy atom. The Hall–Kier alpha value is -2.19. The molecule has 1 aliphatic carbocycles. The Kier molecular flexibility index (Phi) is 6.28. The average molecular weight is 422 g/mol. The highest BCUT2D eigenvalue weighted by Crippen LogP contribution is 2.29. The van der Waals surface area contributed by atoms with Crippen LogP contribution < -0.4 is 10.1 Å². The third kappa shape index (κ3) is 5.17. The third-order valence-corrected chi connectivity index (χ3v) is 4.93. The molecule has 1 saturated carbocycles. The second kappa shape index (κ2) is 8.67. The van der Waals surface area contributed by atoms with Gasteiger partial charge >= 0.3 is 0 Å². The van der Waals surface area contributed by atoms with Crippen molar-refractivity contribution in [2.75, 3.05) is 0 Å². The summed E-state index contributed by atoms with van der Waals surface area (Å²) >= 11 is 18.4. The van der Waals surface area contributed by atoms with Crippen LogP contribution in [-0.2, 0) is 11.4 Å². The van der Waals surface area contributed by atoms with Crippen molar-refractivity contribution in [3.8, 4) is 11.8 Å². The quantitative estimate of drug-likeness (QED) is 0.501. The third-order valence-electron chi connectivity index (χ3n) is 3.98. The molecular weight excluding hydrogens is 407 g/mol. The van der Waals surface area contributed by atoms with Crippen molar-refractivity contribution in [1.29, 1.82) is 5.26 Å². The molecule has 1 N–H and O–H groups in total. The first-order valence-corrected chi connectivity index (χ1v) is 9.39. The van der Waals surface area contributed by atoms with Gasteiger partial charge in [-0.3, -0.25) is 4.79 Å². The highest BCUT2D eigenvalue weighted by Gasteiger charge is 2.25. The number of hydrogen-bond acceptors (Lipinski definition) is 3. The zero-order chi connectivity index (χ0) is 19.4. The minimum absolute atomic E-state index is 0.00945. The summed E-state index contributed by atoms with van der Waals surface area (Å²) in [5, 5.41) is 13.6. The van der Waals surface area contributed by atoms with Crippen molar-refractivity contribution < 1.29 is 9.53 Å². The summed E-state index contributed by atoms with van der Waals surface area (Å²) < 4.78 is 5.85. The lowest BCUT2D eigenvalue weighted by Gasteiger charge is -2.12. The molecule has 0 bridgehead atoms. The van der Waals surface area contributed by atoms with Crippen LogP contribution in [0.3, 0.4) is 0 Å². The van der Waals surface area contributed by atoms with Gasteiger partial charge in [-0.1, -0.05) is 40.9 Å². The minimum atomic E-state index is -0.403. The predicted octanol–water partition coefficient (Wildman–Crippen LogP) is 5.41. The maximum Gasteiger partial charge on any atom is 0.262 e. The molecule has 0 spiro atoms. The topological polar surface area (TPSA) is 62.1 Å². The summed E-state index contributed by atoms with van der Waals surface area (Å²) in [4.78, 5) is 12.2. The maximum absolute atomic E-state index is 12.2. The molecule has 0 aliphatic heterocycles. The van der Waals surface area contributed by atoms with Crippen molar-refractivity contribution in [3.63, 3.8) is 0 Å². The molecule has 1 aliphatic rings. The fourth-order valence-electron chi connectivity index (χ4n) is 2.38. The normalized spacial score (nSPS) is 13.8. The van der Waals surface area contributed by atoms with E-state index in [2.05, 4.69) is 5.32 Å². The van der Waals surface area contributed by atoms with Crippen molar-refractivity contribution in [3.05, 3.63) is 68.2 Å². The highest BCUT2D eigenvalue weighted by atomic mass is 35.5. The number of halogens is 3. The van der Waals surface area contributed by atoms with Gasteiger partial charge in [0, 0.05) is 32.2 Å². The SMILES string of the molecule is N#CC(=Cc1cc(Cl)ccc1OCc1c(Cl)cccc1Cl)C(=O)NC1CC1. The van der Waals surface area contributed by atoms with Gasteiger partial charge in [0.15, 0.2) is 0 Å². The number of hydrogen-bond donors (Lipinski definition) is 1. The number of ether oxygens (including phenoxy) is 1. The molecule has 7 heteroatoms. The smallest absolute Gasteiger partial charge is 0.262 e. The van der Waals surface area contributed by atoms with Crippen LogP contribution in [0.4, 0.5) is 0 Å². The molecule has 2 aromatic carbocycles. The fourth-order valence-corrected chi connectivity index (χ4v) is 3.07. The van der Waals surface area contributed by atoms with Crippen LogP contribution in [0.25, 0.3) is 6.08 Å². The van der Waals surface area contributed by atoms with Gasteiger partial charge < -0.3 is 10.1 Å². The summed E-state index contributed by atoms with van der Waals surface area (Å²) in [6.07, 6.45) is 3.34. The predicted molar refractivity (Wildman–Crippen MR) is 107 cm³/mol. The molecular formula is C20H15Cl3N2O2. The van der Waals surface area contributed by atoms with E-state index in [0.29, 0.717) is 31.9 Å². The van der Waals surface area contributed by atoms with Gasteiger partial charge in [0.25, 0.3) is 5.91 Å². The van der Waals surface area contributed by atoms with Crippen molar-refractivity contribution >= 4 is 46.8 Å². The first kappa shape index (κ1) is 19.6. The van der Waals surface area contributed by atoms with Crippen LogP contribution in [0.2, 0.25) is 15.1 Å². The van der Waals surface area contributed by atoms with Crippen molar-refractivity contribution in [2.45, 2.75) is 25.5 Å². The number of nitrogens with zero attached hydrogens (tertiary/aromatic N) is 1. The van der Waals surface area contributed by atoms with Crippen molar-refractivity contribution in [2.24, 2.45) is 0 Å². The average Bonchev–Trinajstić information content (AvgIpc) is 3.44. The second-order valence-corrected chi connectivity index (χ2v) is 7.34. The number of benzene rings is 2. The number of amides is 1. The zero-order valence-electron chi connectivity index (χ0n) is 14.1. The summed E-state index contributed by atoms with van der Waals surface area (Å²) in [7, 11) is 0. The standard InChI is InChI=1S/C20H15Cl3N2O2/c21-14-4-7-19(27-11-16-17(22)2-1-3-18(16)23)12(9-14)8-13(10-24)20(26)25-15-5-6-15/h1-4,7-9,15H,5-6,11H2,(H,25,26). The molecule has 0 unspecified atom stereocenters. The van der Waals surface area contributed by atoms with Crippen LogP contribution in [0, 0.1) is 11.3 Å². The van der Waals surface area contributed by atoms with Gasteiger partial charge in [0.1, 0.15) is 24.0 Å². The molecule has 27 heavy (non-hydrogen) atoms. The van der Waals surface area contributed by atoms with Gasteiger partial charge in [-0.25, -0.2) is 0 Å². The Morgan fingerprint density at radius 2 is 1.93 bits per heavy atom. The molecule has 3 rings (SSSR count). The number of carbonyl (C=O) groups is 1. The Balaban J connectivity index is 1.85. The van der Waals surface area contributed by atoms with Crippen LogP contribution in [0.15, 0.2) is 42.0 Å². The Morgan fingerprint density at radius 1 is 1.22 bits per heavy atom. The van der Waals surface area contributed by atoms with E-state index in [1.165, 1.54) is 6.08 Å². The summed E-state index contributed by atoms with van der Waals surface area (Å²) in [6, 6.07) is 12.3. The largest absolute Gasteiger partial charge is 0.488 e. The Bertz CT molecular complexity index is 926. The van der Waals surface area contributed by atoms with E-state index in [1.54, 1.807) is 36.4 Å². The molecule has 0 atom stereocenters. The first-order valence-electron chi connectivity index (χ1n) is 8.26. The molecule has 1 fully saturated rings. The molecule has 0 saturated heterocycles. The summed E-state index contributed by atoms with van der Waals surface area (Å²) in [6.45, 7) is 0.136. The lowest BCUT2D eigenvalue weighted by Crippen LogP contribution is -2.26. The van der Waals surface area contributed by atoms with Crippen molar-refractivity contribution in [1.82, 2.24) is 5.32 Å². The van der Waals surface area contributed by atoms with E-state index >= 15 is 0 Å².